The highest BCUT2D eigenvalue weighted by molar-refractivity contribution is 6.33. The van der Waals surface area contributed by atoms with E-state index in [4.69, 9.17) is 16.3 Å². The zero-order valence-electron chi connectivity index (χ0n) is 8.31. The Bertz CT molecular complexity index is 482. The minimum atomic E-state index is -0.438. The van der Waals surface area contributed by atoms with Gasteiger partial charge in [-0.2, -0.15) is 5.10 Å². The van der Waals surface area contributed by atoms with Crippen LogP contribution in [0, 0.1) is 0 Å². The van der Waals surface area contributed by atoms with Crippen molar-refractivity contribution >= 4 is 17.6 Å². The molecule has 82 valence electrons. The molecule has 0 spiro atoms. The van der Waals surface area contributed by atoms with Crippen LogP contribution in [0.5, 0.6) is 0 Å². The Morgan fingerprint density at radius 2 is 2.25 bits per heavy atom. The van der Waals surface area contributed by atoms with Crippen LogP contribution >= 0.6 is 11.6 Å². The highest BCUT2D eigenvalue weighted by Crippen LogP contribution is 2.16. The zero-order valence-corrected chi connectivity index (χ0v) is 9.07. The molecule has 0 atom stereocenters. The van der Waals surface area contributed by atoms with Gasteiger partial charge in [0.15, 0.2) is 0 Å². The number of esters is 1. The van der Waals surface area contributed by atoms with Gasteiger partial charge in [0.05, 0.1) is 16.8 Å². The number of H-pyrrole nitrogens is 1. The Morgan fingerprint density at radius 1 is 1.44 bits per heavy atom. The maximum Gasteiger partial charge on any atom is 0.339 e. The highest BCUT2D eigenvalue weighted by atomic mass is 35.5. The second-order valence-corrected chi connectivity index (χ2v) is 3.57. The number of aromatic nitrogens is 2. The average molecular weight is 237 g/mol. The van der Waals surface area contributed by atoms with Crippen molar-refractivity contribution in [1.29, 1.82) is 0 Å². The van der Waals surface area contributed by atoms with Crippen LogP contribution in [0.1, 0.15) is 15.9 Å². The molecule has 0 amide bonds. The molecular formula is C11H9ClN2O2. The fourth-order valence-corrected chi connectivity index (χ4v) is 1.42. The van der Waals surface area contributed by atoms with Crippen molar-refractivity contribution in [3.8, 4) is 0 Å². The second-order valence-electron chi connectivity index (χ2n) is 3.16. The van der Waals surface area contributed by atoms with Crippen molar-refractivity contribution in [3.63, 3.8) is 0 Å². The number of carbonyl (C=O) groups excluding carboxylic acids is 1. The summed E-state index contributed by atoms with van der Waals surface area (Å²) < 4.78 is 5.07. The molecule has 0 bridgehead atoms. The number of rotatable bonds is 3. The lowest BCUT2D eigenvalue weighted by molar-refractivity contribution is 0.0473. The lowest BCUT2D eigenvalue weighted by Gasteiger charge is -2.04. The average Bonchev–Trinajstić information content (AvgIpc) is 2.79. The number of hydrogen-bond acceptors (Lipinski definition) is 3. The summed E-state index contributed by atoms with van der Waals surface area (Å²) >= 11 is 5.86. The van der Waals surface area contributed by atoms with E-state index in [0.29, 0.717) is 10.6 Å². The monoisotopic (exact) mass is 236 g/mol. The van der Waals surface area contributed by atoms with E-state index in [1.807, 2.05) is 0 Å². The zero-order chi connectivity index (χ0) is 11.4. The minimum Gasteiger partial charge on any atom is -0.457 e. The number of halogens is 1. The number of nitrogens with zero attached hydrogens (tertiary/aromatic N) is 1. The fraction of sp³-hybridized carbons (Fsp3) is 0.0909. The van der Waals surface area contributed by atoms with Gasteiger partial charge in [-0.05, 0) is 12.1 Å². The topological polar surface area (TPSA) is 55.0 Å². The van der Waals surface area contributed by atoms with E-state index < -0.39 is 5.97 Å². The van der Waals surface area contributed by atoms with Gasteiger partial charge >= 0.3 is 5.97 Å². The summed E-state index contributed by atoms with van der Waals surface area (Å²) in [6, 6.07) is 6.77. The standard InChI is InChI=1S/C11H9ClN2O2/c12-10-4-2-1-3-9(10)11(15)16-7-8-5-13-14-6-8/h1-6H,7H2,(H,13,14). The molecular weight excluding hydrogens is 228 g/mol. The second kappa shape index (κ2) is 4.81. The van der Waals surface area contributed by atoms with E-state index >= 15 is 0 Å². The van der Waals surface area contributed by atoms with Crippen LogP contribution in [0.25, 0.3) is 0 Å². The number of hydrogen-bond donors (Lipinski definition) is 1. The highest BCUT2D eigenvalue weighted by Gasteiger charge is 2.10. The minimum absolute atomic E-state index is 0.181. The predicted molar refractivity (Wildman–Crippen MR) is 59.2 cm³/mol. The largest absolute Gasteiger partial charge is 0.457 e. The van der Waals surface area contributed by atoms with Crippen LogP contribution in [-0.4, -0.2) is 16.2 Å². The molecule has 1 heterocycles. The van der Waals surface area contributed by atoms with Gasteiger partial charge < -0.3 is 4.74 Å². The molecule has 0 aliphatic rings. The number of nitrogens with one attached hydrogen (secondary N) is 1. The van der Waals surface area contributed by atoms with Crippen LogP contribution in [0.3, 0.4) is 0 Å². The van der Waals surface area contributed by atoms with Crippen LogP contribution in [0.2, 0.25) is 5.02 Å². The molecule has 5 heteroatoms. The number of carbonyl (C=O) groups is 1. The molecule has 0 radical (unpaired) electrons. The van der Waals surface area contributed by atoms with Crippen molar-refractivity contribution < 1.29 is 9.53 Å². The summed E-state index contributed by atoms with van der Waals surface area (Å²) in [5, 5.41) is 6.77. The maximum absolute atomic E-state index is 11.6. The van der Waals surface area contributed by atoms with Crippen LogP contribution < -0.4 is 0 Å². The van der Waals surface area contributed by atoms with Gasteiger partial charge in [-0.1, -0.05) is 23.7 Å². The Balaban J connectivity index is 2.01. The normalized spacial score (nSPS) is 10.1. The summed E-state index contributed by atoms with van der Waals surface area (Å²) in [5.41, 5.74) is 1.17. The Hall–Kier alpha value is -1.81. The van der Waals surface area contributed by atoms with E-state index in [1.165, 1.54) is 0 Å². The van der Waals surface area contributed by atoms with Gasteiger partial charge in [-0.3, -0.25) is 5.10 Å². The van der Waals surface area contributed by atoms with Crippen LogP contribution in [0.15, 0.2) is 36.7 Å². The first-order valence-electron chi connectivity index (χ1n) is 4.66. The van der Waals surface area contributed by atoms with Crippen LogP contribution in [-0.2, 0) is 11.3 Å². The Morgan fingerprint density at radius 3 is 2.94 bits per heavy atom. The smallest absolute Gasteiger partial charge is 0.339 e. The van der Waals surface area contributed by atoms with Gasteiger partial charge in [0.25, 0.3) is 0 Å². The molecule has 0 fully saturated rings. The summed E-state index contributed by atoms with van der Waals surface area (Å²) in [6.07, 6.45) is 3.26. The molecule has 0 unspecified atom stereocenters. The van der Waals surface area contributed by atoms with Gasteiger partial charge in [-0.15, -0.1) is 0 Å². The summed E-state index contributed by atoms with van der Waals surface area (Å²) in [7, 11) is 0. The fourth-order valence-electron chi connectivity index (χ4n) is 1.21. The lowest BCUT2D eigenvalue weighted by atomic mass is 10.2. The van der Waals surface area contributed by atoms with E-state index in [1.54, 1.807) is 36.7 Å². The molecule has 1 aromatic heterocycles. The Labute approximate surface area is 97.2 Å². The van der Waals surface area contributed by atoms with E-state index in [2.05, 4.69) is 10.2 Å². The van der Waals surface area contributed by atoms with Crippen molar-refractivity contribution in [2.45, 2.75) is 6.61 Å². The van der Waals surface area contributed by atoms with E-state index in [-0.39, 0.29) is 6.61 Å². The molecule has 0 saturated heterocycles. The van der Waals surface area contributed by atoms with Crippen molar-refractivity contribution in [1.82, 2.24) is 10.2 Å². The van der Waals surface area contributed by atoms with Gasteiger partial charge in [-0.25, -0.2) is 4.79 Å². The maximum atomic E-state index is 11.6. The quantitative estimate of drug-likeness (QED) is 0.833. The van der Waals surface area contributed by atoms with Crippen LogP contribution in [0.4, 0.5) is 0 Å². The third-order valence-corrected chi connectivity index (χ3v) is 2.35. The summed E-state index contributed by atoms with van der Waals surface area (Å²) in [4.78, 5) is 11.6. The predicted octanol–water partition coefficient (Wildman–Crippen LogP) is 2.42. The first kappa shape index (κ1) is 10.7. The van der Waals surface area contributed by atoms with Gasteiger partial charge in [0, 0.05) is 11.8 Å². The van der Waals surface area contributed by atoms with Crippen molar-refractivity contribution in [3.05, 3.63) is 52.8 Å². The molecule has 2 aromatic rings. The SMILES string of the molecule is O=C(OCc1cn[nH]c1)c1ccccc1Cl. The third-order valence-electron chi connectivity index (χ3n) is 2.02. The van der Waals surface area contributed by atoms with Crippen molar-refractivity contribution in [2.75, 3.05) is 0 Å². The van der Waals surface area contributed by atoms with E-state index in [0.717, 1.165) is 5.56 Å². The number of benzene rings is 1. The third kappa shape index (κ3) is 2.41. The molecule has 0 aliphatic heterocycles. The Kier molecular flexibility index (Phi) is 3.22. The van der Waals surface area contributed by atoms with Crippen molar-refractivity contribution in [2.24, 2.45) is 0 Å². The summed E-state index contributed by atoms with van der Waals surface area (Å²) in [5.74, 6) is -0.438. The first-order chi connectivity index (χ1) is 7.77. The summed E-state index contributed by atoms with van der Waals surface area (Å²) in [6.45, 7) is 0.181. The molecule has 0 aliphatic carbocycles. The molecule has 16 heavy (non-hydrogen) atoms. The molecule has 2 rings (SSSR count). The van der Waals surface area contributed by atoms with Gasteiger partial charge in [0.1, 0.15) is 6.61 Å². The molecule has 0 saturated carbocycles. The number of ether oxygens (including phenoxy) is 1. The molecule has 1 aromatic carbocycles. The number of aromatic amines is 1. The molecule has 1 N–H and O–H groups in total. The van der Waals surface area contributed by atoms with Gasteiger partial charge in [0.2, 0.25) is 0 Å². The first-order valence-corrected chi connectivity index (χ1v) is 5.04. The van der Waals surface area contributed by atoms with E-state index in [9.17, 15) is 4.79 Å². The molecule has 4 nitrogen and oxygen atoms in total. The lowest BCUT2D eigenvalue weighted by Crippen LogP contribution is -2.05.